The molecule has 0 saturated carbocycles. The minimum absolute atomic E-state index is 0.171. The predicted octanol–water partition coefficient (Wildman–Crippen LogP) is 2.95. The van der Waals surface area contributed by atoms with E-state index in [-0.39, 0.29) is 12.2 Å². The van der Waals surface area contributed by atoms with E-state index in [0.29, 0.717) is 5.02 Å². The van der Waals surface area contributed by atoms with Crippen molar-refractivity contribution in [2.45, 2.75) is 19.5 Å². The number of nitrogens with zero attached hydrogens (tertiary/aromatic N) is 1. The Balaban J connectivity index is 2.18. The van der Waals surface area contributed by atoms with E-state index in [4.69, 9.17) is 11.6 Å². The van der Waals surface area contributed by atoms with Crippen molar-refractivity contribution in [1.29, 1.82) is 0 Å². The van der Waals surface area contributed by atoms with Gasteiger partial charge in [0.2, 0.25) is 15.9 Å². The van der Waals surface area contributed by atoms with Crippen LogP contribution in [0.4, 0.5) is 10.1 Å². The SMILES string of the molecule is C[C@@H](C(=O)NCc1ccccc1Cl)N(c1ccc(F)cc1)S(C)(=O)=O. The van der Waals surface area contributed by atoms with Crippen LogP contribution in [0.1, 0.15) is 12.5 Å². The quantitative estimate of drug-likeness (QED) is 0.832. The first-order valence-electron chi connectivity index (χ1n) is 7.46. The highest BCUT2D eigenvalue weighted by molar-refractivity contribution is 7.92. The lowest BCUT2D eigenvalue weighted by Crippen LogP contribution is -2.47. The average Bonchev–Trinajstić information content (AvgIpc) is 2.54. The molecule has 0 saturated heterocycles. The first-order chi connectivity index (χ1) is 11.7. The zero-order chi connectivity index (χ0) is 18.6. The van der Waals surface area contributed by atoms with Gasteiger partial charge in [-0.3, -0.25) is 9.10 Å². The fourth-order valence-corrected chi connectivity index (χ4v) is 3.75. The first kappa shape index (κ1) is 19.2. The topological polar surface area (TPSA) is 66.5 Å². The largest absolute Gasteiger partial charge is 0.350 e. The van der Waals surface area contributed by atoms with Crippen LogP contribution < -0.4 is 9.62 Å². The van der Waals surface area contributed by atoms with E-state index in [1.807, 2.05) is 0 Å². The molecule has 1 amide bonds. The third kappa shape index (κ3) is 4.93. The molecule has 1 N–H and O–H groups in total. The van der Waals surface area contributed by atoms with E-state index < -0.39 is 27.8 Å². The lowest BCUT2D eigenvalue weighted by Gasteiger charge is -2.28. The summed E-state index contributed by atoms with van der Waals surface area (Å²) in [5.41, 5.74) is 0.932. The molecule has 0 fully saturated rings. The highest BCUT2D eigenvalue weighted by Crippen LogP contribution is 2.21. The summed E-state index contributed by atoms with van der Waals surface area (Å²) in [5, 5.41) is 3.18. The van der Waals surface area contributed by atoms with Gasteiger partial charge >= 0.3 is 0 Å². The van der Waals surface area contributed by atoms with Crippen LogP contribution >= 0.6 is 11.6 Å². The Morgan fingerprint density at radius 3 is 2.36 bits per heavy atom. The van der Waals surface area contributed by atoms with Gasteiger partial charge in [-0.2, -0.15) is 0 Å². The minimum Gasteiger partial charge on any atom is -0.350 e. The van der Waals surface area contributed by atoms with E-state index in [1.54, 1.807) is 24.3 Å². The van der Waals surface area contributed by atoms with Gasteiger partial charge in [-0.25, -0.2) is 12.8 Å². The van der Waals surface area contributed by atoms with Gasteiger partial charge in [0, 0.05) is 11.6 Å². The normalized spacial score (nSPS) is 12.5. The fraction of sp³-hybridized carbons (Fsp3) is 0.235. The maximum absolute atomic E-state index is 13.1. The molecule has 2 aromatic carbocycles. The van der Waals surface area contributed by atoms with Gasteiger partial charge in [-0.05, 0) is 42.8 Å². The van der Waals surface area contributed by atoms with Gasteiger partial charge in [0.15, 0.2) is 0 Å². The Hall–Kier alpha value is -2.12. The predicted molar refractivity (Wildman–Crippen MR) is 96.5 cm³/mol. The van der Waals surface area contributed by atoms with Crippen molar-refractivity contribution in [3.05, 3.63) is 64.9 Å². The van der Waals surface area contributed by atoms with Crippen molar-refractivity contribution in [3.8, 4) is 0 Å². The van der Waals surface area contributed by atoms with Gasteiger partial charge in [0.05, 0.1) is 11.9 Å². The van der Waals surface area contributed by atoms with Crippen molar-refractivity contribution in [2.75, 3.05) is 10.6 Å². The zero-order valence-corrected chi connectivity index (χ0v) is 15.3. The lowest BCUT2D eigenvalue weighted by atomic mass is 10.2. The van der Waals surface area contributed by atoms with Gasteiger partial charge in [-0.15, -0.1) is 0 Å². The molecule has 134 valence electrons. The number of hydrogen-bond donors (Lipinski definition) is 1. The van der Waals surface area contributed by atoms with Gasteiger partial charge < -0.3 is 5.32 Å². The van der Waals surface area contributed by atoms with Crippen LogP contribution in [0, 0.1) is 5.82 Å². The maximum atomic E-state index is 13.1. The molecule has 2 aromatic rings. The summed E-state index contributed by atoms with van der Waals surface area (Å²) in [6.07, 6.45) is 0.994. The summed E-state index contributed by atoms with van der Waals surface area (Å²) in [5.74, 6) is -0.984. The van der Waals surface area contributed by atoms with Crippen molar-refractivity contribution in [3.63, 3.8) is 0 Å². The van der Waals surface area contributed by atoms with E-state index >= 15 is 0 Å². The van der Waals surface area contributed by atoms with Gasteiger partial charge in [0.1, 0.15) is 11.9 Å². The molecule has 8 heteroatoms. The van der Waals surface area contributed by atoms with Crippen LogP contribution in [0.2, 0.25) is 5.02 Å². The molecule has 0 radical (unpaired) electrons. The molecule has 0 aliphatic rings. The summed E-state index contributed by atoms with van der Waals surface area (Å²) in [4.78, 5) is 12.4. The number of carbonyl (C=O) groups is 1. The fourth-order valence-electron chi connectivity index (χ4n) is 2.37. The number of rotatable bonds is 6. The summed E-state index contributed by atoms with van der Waals surface area (Å²) >= 11 is 6.04. The number of carbonyl (C=O) groups excluding carboxylic acids is 1. The smallest absolute Gasteiger partial charge is 0.243 e. The molecule has 5 nitrogen and oxygen atoms in total. The van der Waals surface area contributed by atoms with Crippen molar-refractivity contribution < 1.29 is 17.6 Å². The number of amides is 1. The molecule has 2 rings (SSSR count). The van der Waals surface area contributed by atoms with Crippen molar-refractivity contribution in [2.24, 2.45) is 0 Å². The van der Waals surface area contributed by atoms with Crippen LogP contribution in [-0.2, 0) is 21.4 Å². The summed E-state index contributed by atoms with van der Waals surface area (Å²) < 4.78 is 38.3. The highest BCUT2D eigenvalue weighted by atomic mass is 35.5. The van der Waals surface area contributed by atoms with E-state index in [1.165, 1.54) is 19.1 Å². The average molecular weight is 385 g/mol. The molecule has 0 aliphatic heterocycles. The molecule has 0 unspecified atom stereocenters. The van der Waals surface area contributed by atoms with Crippen LogP contribution in [-0.4, -0.2) is 26.6 Å². The Morgan fingerprint density at radius 2 is 1.80 bits per heavy atom. The number of sulfonamides is 1. The standard InChI is InChI=1S/C17H18ClFN2O3S/c1-12(17(22)20-11-13-5-3-4-6-16(13)18)21(25(2,23)24)15-9-7-14(19)8-10-15/h3-10,12H,11H2,1-2H3,(H,20,22)/t12-/m0/s1. The van der Waals surface area contributed by atoms with Gasteiger partial charge in [0.25, 0.3) is 0 Å². The molecule has 0 aromatic heterocycles. The number of anilines is 1. The summed E-state index contributed by atoms with van der Waals surface area (Å²) in [7, 11) is -3.74. The Kier molecular flexibility index (Phi) is 6.02. The van der Waals surface area contributed by atoms with E-state index in [9.17, 15) is 17.6 Å². The third-order valence-corrected chi connectivity index (χ3v) is 5.19. The van der Waals surface area contributed by atoms with Crippen LogP contribution in [0.15, 0.2) is 48.5 Å². The first-order valence-corrected chi connectivity index (χ1v) is 9.69. The molecule has 0 aliphatic carbocycles. The Morgan fingerprint density at radius 1 is 1.20 bits per heavy atom. The third-order valence-electron chi connectivity index (χ3n) is 3.58. The molecule has 25 heavy (non-hydrogen) atoms. The molecule has 1 atom stereocenters. The molecular weight excluding hydrogens is 367 g/mol. The van der Waals surface area contributed by atoms with Crippen LogP contribution in [0.25, 0.3) is 0 Å². The molecular formula is C17H18ClFN2O3S. The number of halogens is 2. The molecule has 0 heterocycles. The summed E-state index contributed by atoms with van der Waals surface area (Å²) in [6, 6.07) is 10.9. The highest BCUT2D eigenvalue weighted by Gasteiger charge is 2.29. The van der Waals surface area contributed by atoms with Crippen LogP contribution in [0.3, 0.4) is 0 Å². The minimum atomic E-state index is -3.74. The van der Waals surface area contributed by atoms with Crippen molar-refractivity contribution >= 4 is 33.2 Å². The number of hydrogen-bond acceptors (Lipinski definition) is 3. The second-order valence-corrected chi connectivity index (χ2v) is 7.79. The zero-order valence-electron chi connectivity index (χ0n) is 13.7. The maximum Gasteiger partial charge on any atom is 0.243 e. The lowest BCUT2D eigenvalue weighted by molar-refractivity contribution is -0.122. The van der Waals surface area contributed by atoms with Gasteiger partial charge in [-0.1, -0.05) is 29.8 Å². The van der Waals surface area contributed by atoms with Crippen molar-refractivity contribution in [1.82, 2.24) is 5.32 Å². The molecule has 0 bridgehead atoms. The number of nitrogens with one attached hydrogen (secondary N) is 1. The Labute approximate surface area is 151 Å². The van der Waals surface area contributed by atoms with E-state index in [2.05, 4.69) is 5.32 Å². The second-order valence-electron chi connectivity index (χ2n) is 5.52. The van der Waals surface area contributed by atoms with E-state index in [0.717, 1.165) is 28.3 Å². The second kappa shape index (κ2) is 7.84. The summed E-state index contributed by atoms with van der Waals surface area (Å²) in [6.45, 7) is 1.64. The van der Waals surface area contributed by atoms with Crippen LogP contribution in [0.5, 0.6) is 0 Å². The number of benzene rings is 2. The Bertz CT molecular complexity index is 856. The molecule has 0 spiro atoms. The monoisotopic (exact) mass is 384 g/mol.